The SMILES string of the molecule is COc1ccc(CNC(=O)c2ccccc2Oc2ccccc2)cc1OC. The van der Waals surface area contributed by atoms with Crippen LogP contribution < -0.4 is 19.5 Å². The molecule has 0 saturated carbocycles. The van der Waals surface area contributed by atoms with Crippen LogP contribution in [-0.2, 0) is 6.54 Å². The zero-order chi connectivity index (χ0) is 19.1. The fourth-order valence-corrected chi connectivity index (χ4v) is 2.63. The predicted octanol–water partition coefficient (Wildman–Crippen LogP) is 4.43. The van der Waals surface area contributed by atoms with Gasteiger partial charge in [-0.25, -0.2) is 0 Å². The van der Waals surface area contributed by atoms with Crippen molar-refractivity contribution in [3.8, 4) is 23.0 Å². The van der Waals surface area contributed by atoms with Gasteiger partial charge in [-0.2, -0.15) is 0 Å². The van der Waals surface area contributed by atoms with Gasteiger partial charge in [0.15, 0.2) is 11.5 Å². The van der Waals surface area contributed by atoms with E-state index in [1.807, 2.05) is 60.7 Å². The Morgan fingerprint density at radius 2 is 1.52 bits per heavy atom. The molecule has 3 aromatic carbocycles. The molecule has 0 aromatic heterocycles. The smallest absolute Gasteiger partial charge is 0.255 e. The van der Waals surface area contributed by atoms with E-state index in [-0.39, 0.29) is 5.91 Å². The first kappa shape index (κ1) is 18.3. The first-order valence-electron chi connectivity index (χ1n) is 8.52. The number of para-hydroxylation sites is 2. The van der Waals surface area contributed by atoms with Crippen molar-refractivity contribution >= 4 is 5.91 Å². The number of nitrogens with one attached hydrogen (secondary N) is 1. The molecule has 0 spiro atoms. The van der Waals surface area contributed by atoms with Crippen molar-refractivity contribution in [3.63, 3.8) is 0 Å². The van der Waals surface area contributed by atoms with Crippen LogP contribution in [0, 0.1) is 0 Å². The Kier molecular flexibility index (Phi) is 5.94. The molecule has 1 N–H and O–H groups in total. The van der Waals surface area contributed by atoms with Crippen LogP contribution >= 0.6 is 0 Å². The van der Waals surface area contributed by atoms with E-state index in [0.29, 0.717) is 35.1 Å². The first-order valence-corrected chi connectivity index (χ1v) is 8.52. The van der Waals surface area contributed by atoms with E-state index in [9.17, 15) is 4.79 Å². The molecular formula is C22H21NO4. The summed E-state index contributed by atoms with van der Waals surface area (Å²) in [6.07, 6.45) is 0. The highest BCUT2D eigenvalue weighted by Gasteiger charge is 2.13. The number of methoxy groups -OCH3 is 2. The van der Waals surface area contributed by atoms with Gasteiger partial charge in [0.2, 0.25) is 0 Å². The highest BCUT2D eigenvalue weighted by molar-refractivity contribution is 5.97. The lowest BCUT2D eigenvalue weighted by molar-refractivity contribution is 0.0948. The molecule has 0 aliphatic rings. The van der Waals surface area contributed by atoms with Crippen molar-refractivity contribution in [3.05, 3.63) is 83.9 Å². The summed E-state index contributed by atoms with van der Waals surface area (Å²) in [5.74, 6) is 2.24. The van der Waals surface area contributed by atoms with E-state index in [1.54, 1.807) is 26.4 Å². The lowest BCUT2D eigenvalue weighted by Gasteiger charge is -2.12. The summed E-state index contributed by atoms with van der Waals surface area (Å²) in [6, 6.07) is 22.1. The quantitative estimate of drug-likeness (QED) is 0.675. The third kappa shape index (κ3) is 4.58. The van der Waals surface area contributed by atoms with Crippen LogP contribution in [0.2, 0.25) is 0 Å². The number of hydrogen-bond donors (Lipinski definition) is 1. The molecule has 1 amide bonds. The predicted molar refractivity (Wildman–Crippen MR) is 104 cm³/mol. The molecule has 0 fully saturated rings. The highest BCUT2D eigenvalue weighted by Crippen LogP contribution is 2.28. The minimum atomic E-state index is -0.212. The van der Waals surface area contributed by atoms with Crippen LogP contribution in [0.4, 0.5) is 0 Å². The van der Waals surface area contributed by atoms with Crippen LogP contribution in [0.25, 0.3) is 0 Å². The van der Waals surface area contributed by atoms with E-state index < -0.39 is 0 Å². The molecule has 27 heavy (non-hydrogen) atoms. The maximum absolute atomic E-state index is 12.7. The molecule has 3 aromatic rings. The third-order valence-electron chi connectivity index (χ3n) is 4.00. The van der Waals surface area contributed by atoms with Gasteiger partial charge in [0.25, 0.3) is 5.91 Å². The van der Waals surface area contributed by atoms with Gasteiger partial charge >= 0.3 is 0 Å². The van der Waals surface area contributed by atoms with Crippen LogP contribution in [0.1, 0.15) is 15.9 Å². The van der Waals surface area contributed by atoms with E-state index in [2.05, 4.69) is 5.32 Å². The molecule has 0 saturated heterocycles. The van der Waals surface area contributed by atoms with Crippen molar-refractivity contribution in [2.24, 2.45) is 0 Å². The monoisotopic (exact) mass is 363 g/mol. The summed E-state index contributed by atoms with van der Waals surface area (Å²) >= 11 is 0. The molecule has 3 rings (SSSR count). The molecule has 0 unspecified atom stereocenters. The summed E-state index contributed by atoms with van der Waals surface area (Å²) in [5.41, 5.74) is 1.38. The van der Waals surface area contributed by atoms with Crippen LogP contribution in [-0.4, -0.2) is 20.1 Å². The number of benzene rings is 3. The normalized spacial score (nSPS) is 10.1. The Morgan fingerprint density at radius 3 is 2.26 bits per heavy atom. The highest BCUT2D eigenvalue weighted by atomic mass is 16.5. The number of amides is 1. The zero-order valence-electron chi connectivity index (χ0n) is 15.3. The molecule has 0 aliphatic heterocycles. The average molecular weight is 363 g/mol. The van der Waals surface area contributed by atoms with Crippen LogP contribution in [0.5, 0.6) is 23.0 Å². The largest absolute Gasteiger partial charge is 0.493 e. The standard InChI is InChI=1S/C22H21NO4/c1-25-20-13-12-16(14-21(20)26-2)15-23-22(24)18-10-6-7-11-19(18)27-17-8-4-3-5-9-17/h3-14H,15H2,1-2H3,(H,23,24). The molecule has 0 aliphatic carbocycles. The van der Waals surface area contributed by atoms with E-state index >= 15 is 0 Å². The second kappa shape index (κ2) is 8.76. The molecule has 138 valence electrons. The molecule has 5 heteroatoms. The minimum Gasteiger partial charge on any atom is -0.493 e. The van der Waals surface area contributed by atoms with Crippen molar-refractivity contribution in [1.82, 2.24) is 5.32 Å². The van der Waals surface area contributed by atoms with Gasteiger partial charge in [0, 0.05) is 6.54 Å². The maximum atomic E-state index is 12.7. The van der Waals surface area contributed by atoms with Gasteiger partial charge in [-0.05, 0) is 42.0 Å². The van der Waals surface area contributed by atoms with Gasteiger partial charge < -0.3 is 19.5 Å². The number of carbonyl (C=O) groups is 1. The Morgan fingerprint density at radius 1 is 0.815 bits per heavy atom. The summed E-state index contributed by atoms with van der Waals surface area (Å²) in [4.78, 5) is 12.7. The maximum Gasteiger partial charge on any atom is 0.255 e. The molecule has 0 radical (unpaired) electrons. The molecule has 0 bridgehead atoms. The Labute approximate surface area is 158 Å². The van der Waals surface area contributed by atoms with Gasteiger partial charge in [0.1, 0.15) is 11.5 Å². The Hall–Kier alpha value is -3.47. The third-order valence-corrected chi connectivity index (χ3v) is 4.00. The topological polar surface area (TPSA) is 56.8 Å². The van der Waals surface area contributed by atoms with Crippen molar-refractivity contribution in [2.45, 2.75) is 6.54 Å². The molecule has 0 heterocycles. The van der Waals surface area contributed by atoms with Crippen LogP contribution in [0.3, 0.4) is 0 Å². The fraction of sp³-hybridized carbons (Fsp3) is 0.136. The molecular weight excluding hydrogens is 342 g/mol. The Balaban J connectivity index is 1.72. The number of ether oxygens (including phenoxy) is 3. The number of hydrogen-bond acceptors (Lipinski definition) is 4. The molecule has 5 nitrogen and oxygen atoms in total. The summed E-state index contributed by atoms with van der Waals surface area (Å²) in [5, 5.41) is 2.91. The minimum absolute atomic E-state index is 0.212. The van der Waals surface area contributed by atoms with Gasteiger partial charge in [-0.1, -0.05) is 36.4 Å². The van der Waals surface area contributed by atoms with Gasteiger partial charge in [0.05, 0.1) is 19.8 Å². The summed E-state index contributed by atoms with van der Waals surface area (Å²) in [6.45, 7) is 0.360. The number of rotatable bonds is 7. The second-order valence-electron chi connectivity index (χ2n) is 5.78. The average Bonchev–Trinajstić information content (AvgIpc) is 2.73. The van der Waals surface area contributed by atoms with Crippen molar-refractivity contribution < 1.29 is 19.0 Å². The zero-order valence-corrected chi connectivity index (χ0v) is 15.3. The summed E-state index contributed by atoms with van der Waals surface area (Å²) in [7, 11) is 3.17. The lowest BCUT2D eigenvalue weighted by atomic mass is 10.1. The van der Waals surface area contributed by atoms with Crippen LogP contribution in [0.15, 0.2) is 72.8 Å². The number of carbonyl (C=O) groups excluding carboxylic acids is 1. The lowest BCUT2D eigenvalue weighted by Crippen LogP contribution is -2.23. The van der Waals surface area contributed by atoms with E-state index in [0.717, 1.165) is 5.56 Å². The van der Waals surface area contributed by atoms with Gasteiger partial charge in [-0.15, -0.1) is 0 Å². The summed E-state index contributed by atoms with van der Waals surface area (Å²) < 4.78 is 16.4. The molecule has 0 atom stereocenters. The van der Waals surface area contributed by atoms with Crippen molar-refractivity contribution in [2.75, 3.05) is 14.2 Å². The second-order valence-corrected chi connectivity index (χ2v) is 5.78. The first-order chi connectivity index (χ1) is 13.2. The van der Waals surface area contributed by atoms with E-state index in [1.165, 1.54) is 0 Å². The van der Waals surface area contributed by atoms with Gasteiger partial charge in [-0.3, -0.25) is 4.79 Å². The van der Waals surface area contributed by atoms with E-state index in [4.69, 9.17) is 14.2 Å². The fourth-order valence-electron chi connectivity index (χ4n) is 2.63. The Bertz CT molecular complexity index is 909. The van der Waals surface area contributed by atoms with Crippen molar-refractivity contribution in [1.29, 1.82) is 0 Å².